The third kappa shape index (κ3) is 6.22. The fraction of sp³-hybridized carbons (Fsp3) is 0.172. The zero-order valence-electron chi connectivity index (χ0n) is 21.8. The highest BCUT2D eigenvalue weighted by Crippen LogP contribution is 2.34. The summed E-state index contributed by atoms with van der Waals surface area (Å²) in [5, 5.41) is 7.58. The van der Waals surface area contributed by atoms with Gasteiger partial charge in [-0.3, -0.25) is 9.78 Å². The molecule has 1 N–H and O–H groups in total. The number of carbonyl (C=O) groups is 1. The van der Waals surface area contributed by atoms with Gasteiger partial charge in [-0.25, -0.2) is 13.9 Å². The molecule has 3 heterocycles. The lowest BCUT2D eigenvalue weighted by Crippen LogP contribution is -2.24. The fourth-order valence-corrected chi connectivity index (χ4v) is 4.52. The summed E-state index contributed by atoms with van der Waals surface area (Å²) < 4.78 is 48.9. The summed E-state index contributed by atoms with van der Waals surface area (Å²) in [4.78, 5) is 21.6. The van der Waals surface area contributed by atoms with Crippen molar-refractivity contribution < 1.29 is 22.7 Å². The number of aromatic nitrogens is 4. The minimum absolute atomic E-state index is 0.0142. The van der Waals surface area contributed by atoms with Gasteiger partial charge >= 0.3 is 6.18 Å². The molecule has 0 atom stereocenters. The Morgan fingerprint density at radius 2 is 1.83 bits per heavy atom. The lowest BCUT2D eigenvalue weighted by atomic mass is 10.0. The number of alkyl halides is 3. The number of hydrogen-bond donors (Lipinski definition) is 1. The number of fused-ring (bicyclic) bond motifs is 1. The number of benzene rings is 2. The normalized spacial score (nSPS) is 11.6. The van der Waals surface area contributed by atoms with E-state index in [1.807, 2.05) is 24.3 Å². The van der Waals surface area contributed by atoms with Crippen molar-refractivity contribution in [3.63, 3.8) is 0 Å². The second-order valence-corrected chi connectivity index (χ2v) is 9.38. The van der Waals surface area contributed by atoms with Crippen LogP contribution in [0.1, 0.15) is 21.5 Å². The molecule has 0 fully saturated rings. The molecule has 12 heteroatoms. The molecule has 0 saturated heterocycles. The summed E-state index contributed by atoms with van der Waals surface area (Å²) in [6, 6.07) is 17.5. The summed E-state index contributed by atoms with van der Waals surface area (Å²) in [7, 11) is 1.51. The van der Waals surface area contributed by atoms with Gasteiger partial charge in [0.15, 0.2) is 5.65 Å². The number of ether oxygens (including phenoxy) is 1. The van der Waals surface area contributed by atoms with E-state index in [0.717, 1.165) is 16.0 Å². The first kappa shape index (κ1) is 28.2. The van der Waals surface area contributed by atoms with Crippen molar-refractivity contribution in [2.45, 2.75) is 12.7 Å². The van der Waals surface area contributed by atoms with Gasteiger partial charge in [-0.05, 0) is 48.0 Å². The minimum atomic E-state index is -4.66. The third-order valence-corrected chi connectivity index (χ3v) is 6.69. The Hall–Kier alpha value is -4.32. The zero-order chi connectivity index (χ0) is 29.0. The molecule has 8 nitrogen and oxygen atoms in total. The summed E-state index contributed by atoms with van der Waals surface area (Å²) in [6.45, 7) is 0.708. The van der Waals surface area contributed by atoms with Crippen LogP contribution in [-0.4, -0.2) is 45.8 Å². The van der Waals surface area contributed by atoms with E-state index < -0.39 is 17.6 Å². The van der Waals surface area contributed by atoms with Gasteiger partial charge in [0, 0.05) is 73.3 Å². The molecule has 5 rings (SSSR count). The first-order valence-corrected chi connectivity index (χ1v) is 12.9. The molecular formula is C29H24ClF3N6O2. The smallest absolute Gasteiger partial charge is 0.383 e. The third-order valence-electron chi connectivity index (χ3n) is 6.34. The van der Waals surface area contributed by atoms with Crippen LogP contribution in [-0.2, 0) is 17.5 Å². The van der Waals surface area contributed by atoms with Crippen LogP contribution in [0, 0.1) is 0 Å². The van der Waals surface area contributed by atoms with Crippen molar-refractivity contribution in [3.8, 4) is 22.5 Å². The summed E-state index contributed by atoms with van der Waals surface area (Å²) in [5.74, 6) is -0.799. The molecule has 41 heavy (non-hydrogen) atoms. The van der Waals surface area contributed by atoms with Gasteiger partial charge in [0.1, 0.15) is 0 Å². The zero-order valence-corrected chi connectivity index (χ0v) is 22.5. The highest BCUT2D eigenvalue weighted by molar-refractivity contribution is 6.39. The fourth-order valence-electron chi connectivity index (χ4n) is 4.32. The van der Waals surface area contributed by atoms with E-state index in [4.69, 9.17) is 16.5 Å². The molecule has 5 aromatic rings. The van der Waals surface area contributed by atoms with Crippen molar-refractivity contribution in [1.29, 1.82) is 0 Å². The summed E-state index contributed by atoms with van der Waals surface area (Å²) in [5.41, 5.74) is 2.72. The van der Waals surface area contributed by atoms with E-state index in [0.29, 0.717) is 35.8 Å². The molecule has 0 aliphatic carbocycles. The molecule has 0 unspecified atom stereocenters. The predicted molar refractivity (Wildman–Crippen MR) is 149 cm³/mol. The van der Waals surface area contributed by atoms with E-state index in [9.17, 15) is 18.0 Å². The quantitative estimate of drug-likeness (QED) is 0.170. The number of pyridine rings is 1. The Morgan fingerprint density at radius 3 is 2.59 bits per heavy atom. The number of nitrogens with zero attached hydrogens (tertiary/aromatic N) is 5. The van der Waals surface area contributed by atoms with Crippen LogP contribution in [0.25, 0.3) is 28.2 Å². The first-order chi connectivity index (χ1) is 19.8. The van der Waals surface area contributed by atoms with Gasteiger partial charge in [-0.2, -0.15) is 18.3 Å². The molecule has 0 bridgehead atoms. The van der Waals surface area contributed by atoms with Crippen LogP contribution in [0.3, 0.4) is 0 Å². The molecule has 1 amide bonds. The summed E-state index contributed by atoms with van der Waals surface area (Å²) in [6.07, 6.45) is 0.337. The largest absolute Gasteiger partial charge is 0.416 e. The standard InChI is InChI=1S/C29H24ClF3N6O2/c1-41-14-13-35-18-22-6-5-21(16-24(22)29(31,32)33)28(40)38(30)23-4-2-3-20(15-23)26-9-12-36-27-17-25(37-39(26)27)19-7-10-34-11-8-19/h2-12,15-17,35H,13-14,18H2,1H3. The molecule has 0 saturated carbocycles. The van der Waals surface area contributed by atoms with Crippen LogP contribution in [0.2, 0.25) is 0 Å². The number of halogens is 4. The lowest BCUT2D eigenvalue weighted by molar-refractivity contribution is -0.138. The van der Waals surface area contributed by atoms with Gasteiger partial charge in [0.25, 0.3) is 5.91 Å². The molecule has 0 radical (unpaired) electrons. The molecule has 2 aromatic carbocycles. The molecule has 210 valence electrons. The van der Waals surface area contributed by atoms with Crippen molar-refractivity contribution in [1.82, 2.24) is 24.9 Å². The first-order valence-electron chi connectivity index (χ1n) is 12.5. The highest BCUT2D eigenvalue weighted by Gasteiger charge is 2.34. The number of hydrogen-bond acceptors (Lipinski definition) is 6. The maximum absolute atomic E-state index is 13.8. The molecule has 0 spiro atoms. The van der Waals surface area contributed by atoms with Gasteiger partial charge in [-0.15, -0.1) is 0 Å². The van der Waals surface area contributed by atoms with Crippen molar-refractivity contribution in [3.05, 3.63) is 102 Å². The van der Waals surface area contributed by atoms with Crippen LogP contribution >= 0.6 is 11.8 Å². The van der Waals surface area contributed by atoms with E-state index in [1.54, 1.807) is 47.4 Å². The van der Waals surface area contributed by atoms with Gasteiger partial charge in [0.2, 0.25) is 0 Å². The number of amides is 1. The molecule has 0 aliphatic heterocycles. The number of nitrogens with one attached hydrogen (secondary N) is 1. The molecule has 0 aliphatic rings. The monoisotopic (exact) mass is 580 g/mol. The Labute approximate surface area is 238 Å². The highest BCUT2D eigenvalue weighted by atomic mass is 35.5. The lowest BCUT2D eigenvalue weighted by Gasteiger charge is -2.18. The Morgan fingerprint density at radius 1 is 1.02 bits per heavy atom. The molecule has 3 aromatic heterocycles. The van der Waals surface area contributed by atoms with Gasteiger partial charge < -0.3 is 10.1 Å². The van der Waals surface area contributed by atoms with Crippen molar-refractivity contribution >= 4 is 29.0 Å². The predicted octanol–water partition coefficient (Wildman–Crippen LogP) is 6.01. The van der Waals surface area contributed by atoms with E-state index in [2.05, 4.69) is 20.4 Å². The van der Waals surface area contributed by atoms with Crippen molar-refractivity contribution in [2.75, 3.05) is 24.7 Å². The van der Waals surface area contributed by atoms with Gasteiger partial charge in [0.05, 0.1) is 29.2 Å². The average molecular weight is 581 g/mol. The Bertz CT molecular complexity index is 1680. The minimum Gasteiger partial charge on any atom is -0.383 e. The Kier molecular flexibility index (Phi) is 8.29. The van der Waals surface area contributed by atoms with E-state index in [1.165, 1.54) is 19.2 Å². The second-order valence-electron chi connectivity index (χ2n) is 9.04. The van der Waals surface area contributed by atoms with Crippen molar-refractivity contribution in [2.24, 2.45) is 0 Å². The topological polar surface area (TPSA) is 84.6 Å². The number of anilines is 1. The van der Waals surface area contributed by atoms with Gasteiger partial charge in [-0.1, -0.05) is 18.2 Å². The second kappa shape index (κ2) is 12.0. The SMILES string of the molecule is COCCNCc1ccc(C(=O)N(Cl)c2cccc(-c3ccnc4cc(-c5ccncc5)nn34)c2)cc1C(F)(F)F. The maximum atomic E-state index is 13.8. The number of carbonyl (C=O) groups excluding carboxylic acids is 1. The average Bonchev–Trinajstić information content (AvgIpc) is 3.43. The van der Waals surface area contributed by atoms with E-state index in [-0.39, 0.29) is 23.4 Å². The van der Waals surface area contributed by atoms with Crippen LogP contribution in [0.5, 0.6) is 0 Å². The van der Waals surface area contributed by atoms with Crippen LogP contribution in [0.4, 0.5) is 18.9 Å². The number of rotatable bonds is 9. The maximum Gasteiger partial charge on any atom is 0.416 e. The molecular weight excluding hydrogens is 557 g/mol. The van der Waals surface area contributed by atoms with Crippen LogP contribution in [0.15, 0.2) is 85.3 Å². The Balaban J connectivity index is 1.43. The number of methoxy groups -OCH3 is 1. The summed E-state index contributed by atoms with van der Waals surface area (Å²) >= 11 is 6.41. The van der Waals surface area contributed by atoms with Crippen LogP contribution < -0.4 is 9.74 Å². The van der Waals surface area contributed by atoms with E-state index >= 15 is 0 Å².